The minimum Gasteiger partial charge on any atom is -0.379 e. The average Bonchev–Trinajstić information content (AvgIpc) is 3.26. The Kier molecular flexibility index (Phi) is 7.21. The maximum absolute atomic E-state index is 14.2. The predicted molar refractivity (Wildman–Crippen MR) is 109 cm³/mol. The van der Waals surface area contributed by atoms with E-state index in [1.54, 1.807) is 11.4 Å². The lowest BCUT2D eigenvalue weighted by molar-refractivity contribution is -0.116. The van der Waals surface area contributed by atoms with Crippen molar-refractivity contribution >= 4 is 43.0 Å². The van der Waals surface area contributed by atoms with Crippen molar-refractivity contribution < 1.29 is 30.8 Å². The minimum atomic E-state index is -4.08. The summed E-state index contributed by atoms with van der Waals surface area (Å²) in [5.41, 5.74) is 0.0920. The van der Waals surface area contributed by atoms with Gasteiger partial charge in [0, 0.05) is 31.7 Å². The van der Waals surface area contributed by atoms with Crippen LogP contribution in [-0.4, -0.2) is 59.9 Å². The Morgan fingerprint density at radius 2 is 1.90 bits per heavy atom. The number of carbonyl (C=O) groups excluding carboxylic acids is 1. The summed E-state index contributed by atoms with van der Waals surface area (Å²) >= 11 is 1.05. The molecule has 1 aromatic carbocycles. The summed E-state index contributed by atoms with van der Waals surface area (Å²) in [5, 5.41) is 4.08. The number of morpholine rings is 1. The monoisotopic (exact) mass is 477 g/mol. The molecular weight excluding hydrogens is 457 g/mol. The first kappa shape index (κ1) is 22.8. The van der Waals surface area contributed by atoms with Crippen molar-refractivity contribution in [2.24, 2.45) is 0 Å². The minimum absolute atomic E-state index is 0.0920. The Labute approximate surface area is 177 Å². The number of amides is 1. The summed E-state index contributed by atoms with van der Waals surface area (Å²) in [7, 11) is -7.76. The van der Waals surface area contributed by atoms with Gasteiger partial charge in [0.2, 0.25) is 26.0 Å². The Hall–Kier alpha value is -1.90. The molecule has 0 spiro atoms. The van der Waals surface area contributed by atoms with Crippen LogP contribution in [-0.2, 0) is 29.6 Å². The fourth-order valence-electron chi connectivity index (χ4n) is 2.71. The first-order chi connectivity index (χ1) is 14.2. The van der Waals surface area contributed by atoms with Gasteiger partial charge in [0.05, 0.1) is 13.2 Å². The van der Waals surface area contributed by atoms with E-state index in [4.69, 9.17) is 4.74 Å². The Balaban J connectivity index is 1.63. The van der Waals surface area contributed by atoms with Gasteiger partial charge in [-0.1, -0.05) is 6.07 Å². The number of carbonyl (C=O) groups is 1. The van der Waals surface area contributed by atoms with Crippen LogP contribution in [0.2, 0.25) is 0 Å². The van der Waals surface area contributed by atoms with Gasteiger partial charge in [-0.3, -0.25) is 4.79 Å². The molecule has 1 aliphatic heterocycles. The van der Waals surface area contributed by atoms with E-state index in [0.29, 0.717) is 0 Å². The molecular formula is C17H20FN3O6S3. The van der Waals surface area contributed by atoms with Gasteiger partial charge in [-0.05, 0) is 29.6 Å². The highest BCUT2D eigenvalue weighted by atomic mass is 32.2. The molecule has 0 unspecified atom stereocenters. The molecule has 13 heteroatoms. The molecule has 1 fully saturated rings. The number of ether oxygens (including phenoxy) is 1. The van der Waals surface area contributed by atoms with Crippen molar-refractivity contribution in [1.29, 1.82) is 0 Å². The van der Waals surface area contributed by atoms with Crippen LogP contribution in [0.25, 0.3) is 0 Å². The lowest BCUT2D eigenvalue weighted by atomic mass is 10.3. The van der Waals surface area contributed by atoms with Gasteiger partial charge in [0.15, 0.2) is 0 Å². The third-order valence-corrected chi connectivity index (χ3v) is 8.98. The number of rotatable bonds is 8. The SMILES string of the molecule is O=C(CCNS(=O)(=O)c1cccs1)Nc1ccc(F)c(S(=O)(=O)N2CCOCC2)c1. The maximum atomic E-state index is 14.2. The van der Waals surface area contributed by atoms with Crippen molar-refractivity contribution in [2.75, 3.05) is 38.2 Å². The van der Waals surface area contributed by atoms with E-state index in [2.05, 4.69) is 10.0 Å². The predicted octanol–water partition coefficient (Wildman–Crippen LogP) is 1.22. The molecule has 0 bridgehead atoms. The van der Waals surface area contributed by atoms with Gasteiger partial charge in [-0.25, -0.2) is 25.9 Å². The van der Waals surface area contributed by atoms with Crippen LogP contribution in [0.4, 0.5) is 10.1 Å². The molecule has 3 rings (SSSR count). The van der Waals surface area contributed by atoms with Gasteiger partial charge < -0.3 is 10.1 Å². The molecule has 1 amide bonds. The summed E-state index contributed by atoms with van der Waals surface area (Å²) in [6.07, 6.45) is -0.187. The molecule has 1 aliphatic rings. The smallest absolute Gasteiger partial charge is 0.250 e. The Morgan fingerprint density at radius 3 is 2.57 bits per heavy atom. The van der Waals surface area contributed by atoms with Gasteiger partial charge in [-0.15, -0.1) is 11.3 Å². The molecule has 164 valence electrons. The van der Waals surface area contributed by atoms with Gasteiger partial charge in [-0.2, -0.15) is 4.31 Å². The molecule has 0 saturated carbocycles. The van der Waals surface area contributed by atoms with Crippen molar-refractivity contribution in [3.63, 3.8) is 0 Å². The van der Waals surface area contributed by atoms with Crippen molar-refractivity contribution in [1.82, 2.24) is 9.03 Å². The standard InChI is InChI=1S/C17H20FN3O6S3/c18-14-4-3-13(12-15(14)30(25,26)21-7-9-27-10-8-21)20-16(22)5-6-19-29(23,24)17-2-1-11-28-17/h1-4,11-12,19H,5-10H2,(H,20,22). The summed E-state index contributed by atoms with van der Waals surface area (Å²) in [4.78, 5) is 11.6. The summed E-state index contributed by atoms with van der Waals surface area (Å²) in [6, 6.07) is 6.29. The molecule has 2 N–H and O–H groups in total. The Bertz CT molecular complexity index is 1100. The maximum Gasteiger partial charge on any atom is 0.250 e. The molecule has 0 radical (unpaired) electrons. The molecule has 2 aromatic rings. The summed E-state index contributed by atoms with van der Waals surface area (Å²) < 4.78 is 72.3. The zero-order valence-corrected chi connectivity index (χ0v) is 18.2. The number of hydrogen-bond acceptors (Lipinski definition) is 7. The van der Waals surface area contributed by atoms with Crippen LogP contribution in [0.5, 0.6) is 0 Å². The molecule has 1 saturated heterocycles. The fourth-order valence-corrected chi connectivity index (χ4v) is 6.28. The first-order valence-electron chi connectivity index (χ1n) is 8.90. The quantitative estimate of drug-likeness (QED) is 0.590. The van der Waals surface area contributed by atoms with Crippen LogP contribution in [0.3, 0.4) is 0 Å². The molecule has 9 nitrogen and oxygen atoms in total. The second-order valence-corrected chi connectivity index (χ2v) is 11.1. The van der Waals surface area contributed by atoms with Gasteiger partial charge >= 0.3 is 0 Å². The van der Waals surface area contributed by atoms with Crippen LogP contribution >= 0.6 is 11.3 Å². The number of nitrogens with one attached hydrogen (secondary N) is 2. The molecule has 0 atom stereocenters. The highest BCUT2D eigenvalue weighted by molar-refractivity contribution is 7.91. The van der Waals surface area contributed by atoms with E-state index in [-0.39, 0.29) is 49.2 Å². The largest absolute Gasteiger partial charge is 0.379 e. The molecule has 30 heavy (non-hydrogen) atoms. The zero-order chi connectivity index (χ0) is 21.8. The van der Waals surface area contributed by atoms with E-state index < -0.39 is 36.7 Å². The van der Waals surface area contributed by atoms with Crippen LogP contribution in [0, 0.1) is 5.82 Å². The Morgan fingerprint density at radius 1 is 1.17 bits per heavy atom. The van der Waals surface area contributed by atoms with Crippen molar-refractivity contribution in [3.05, 3.63) is 41.5 Å². The van der Waals surface area contributed by atoms with Crippen LogP contribution in [0.15, 0.2) is 44.8 Å². The second-order valence-electron chi connectivity index (χ2n) is 6.29. The van der Waals surface area contributed by atoms with E-state index in [1.807, 2.05) is 0 Å². The van der Waals surface area contributed by atoms with Crippen molar-refractivity contribution in [2.45, 2.75) is 15.5 Å². The lowest BCUT2D eigenvalue weighted by Crippen LogP contribution is -2.40. The molecule has 2 heterocycles. The highest BCUT2D eigenvalue weighted by Gasteiger charge is 2.29. The summed E-state index contributed by atoms with van der Waals surface area (Å²) in [6.45, 7) is 0.523. The number of benzene rings is 1. The molecule has 1 aromatic heterocycles. The number of nitrogens with zero attached hydrogens (tertiary/aromatic N) is 1. The second kappa shape index (κ2) is 9.49. The number of halogens is 1. The third-order valence-electron chi connectivity index (χ3n) is 4.21. The number of hydrogen-bond donors (Lipinski definition) is 2. The highest BCUT2D eigenvalue weighted by Crippen LogP contribution is 2.24. The lowest BCUT2D eigenvalue weighted by Gasteiger charge is -2.26. The zero-order valence-electron chi connectivity index (χ0n) is 15.7. The average molecular weight is 478 g/mol. The third kappa shape index (κ3) is 5.42. The number of anilines is 1. The van der Waals surface area contributed by atoms with E-state index >= 15 is 0 Å². The fraction of sp³-hybridized carbons (Fsp3) is 0.353. The number of thiophene rings is 1. The topological polar surface area (TPSA) is 122 Å². The van der Waals surface area contributed by atoms with Crippen LogP contribution < -0.4 is 10.0 Å². The van der Waals surface area contributed by atoms with E-state index in [9.17, 15) is 26.0 Å². The van der Waals surface area contributed by atoms with Gasteiger partial charge in [0.25, 0.3) is 0 Å². The van der Waals surface area contributed by atoms with E-state index in [1.165, 1.54) is 12.1 Å². The van der Waals surface area contributed by atoms with E-state index in [0.717, 1.165) is 27.8 Å². The van der Waals surface area contributed by atoms with Crippen LogP contribution in [0.1, 0.15) is 6.42 Å². The number of sulfonamides is 2. The van der Waals surface area contributed by atoms with Crippen molar-refractivity contribution in [3.8, 4) is 0 Å². The summed E-state index contributed by atoms with van der Waals surface area (Å²) in [5.74, 6) is -1.48. The van der Waals surface area contributed by atoms with Gasteiger partial charge in [0.1, 0.15) is 14.9 Å². The normalized spacial score (nSPS) is 15.8. The first-order valence-corrected chi connectivity index (χ1v) is 12.7. The molecule has 0 aliphatic carbocycles.